The van der Waals surface area contributed by atoms with Crippen LogP contribution in [0.2, 0.25) is 0 Å². The Morgan fingerprint density at radius 2 is 2.00 bits per heavy atom. The molecular weight excluding hydrogens is 250 g/mol. The summed E-state index contributed by atoms with van der Waals surface area (Å²) < 4.78 is 11.5. The molecule has 0 aliphatic carbocycles. The average Bonchev–Trinajstić information content (AvgIpc) is 2.48. The van der Waals surface area contributed by atoms with Gasteiger partial charge in [-0.05, 0) is 69.9 Å². The number of likely N-dealkylation sites (tertiary alicyclic amines) is 1. The summed E-state index contributed by atoms with van der Waals surface area (Å²) in [5, 5.41) is 0. The molecule has 3 heteroatoms. The molecule has 0 amide bonds. The van der Waals surface area contributed by atoms with Gasteiger partial charge in [0.05, 0.1) is 0 Å². The number of aryl methyl sites for hydroxylation is 1. The maximum atomic E-state index is 5.83. The highest BCUT2D eigenvalue weighted by Crippen LogP contribution is 2.32. The van der Waals surface area contributed by atoms with E-state index in [0.29, 0.717) is 6.61 Å². The van der Waals surface area contributed by atoms with Crippen LogP contribution in [0.25, 0.3) is 0 Å². The minimum Gasteiger partial charge on any atom is -0.486 e. The normalized spacial score (nSPS) is 22.8. The third-order valence-electron chi connectivity index (χ3n) is 4.20. The van der Waals surface area contributed by atoms with Crippen LogP contribution in [-0.4, -0.2) is 37.2 Å². The van der Waals surface area contributed by atoms with Crippen molar-refractivity contribution in [3.63, 3.8) is 0 Å². The van der Waals surface area contributed by atoms with Gasteiger partial charge in [0.25, 0.3) is 0 Å². The number of hydrogen-bond donors (Lipinski definition) is 0. The lowest BCUT2D eigenvalue weighted by Gasteiger charge is -2.26. The van der Waals surface area contributed by atoms with E-state index < -0.39 is 0 Å². The van der Waals surface area contributed by atoms with Gasteiger partial charge in [-0.3, -0.25) is 0 Å². The fourth-order valence-corrected chi connectivity index (χ4v) is 3.07. The number of hydrogen-bond acceptors (Lipinski definition) is 3. The summed E-state index contributed by atoms with van der Waals surface area (Å²) >= 11 is 0. The summed E-state index contributed by atoms with van der Waals surface area (Å²) in [6, 6.07) is 6.38. The van der Waals surface area contributed by atoms with Gasteiger partial charge in [0.15, 0.2) is 11.5 Å². The molecule has 1 aromatic rings. The van der Waals surface area contributed by atoms with Crippen molar-refractivity contribution in [2.75, 3.05) is 26.2 Å². The average molecular weight is 275 g/mol. The molecule has 0 spiro atoms. The van der Waals surface area contributed by atoms with Gasteiger partial charge in [-0.15, -0.1) is 0 Å². The van der Waals surface area contributed by atoms with Crippen molar-refractivity contribution in [1.29, 1.82) is 0 Å². The van der Waals surface area contributed by atoms with Crippen LogP contribution >= 0.6 is 0 Å². The topological polar surface area (TPSA) is 21.7 Å². The Hall–Kier alpha value is -1.22. The van der Waals surface area contributed by atoms with E-state index in [9.17, 15) is 0 Å². The maximum absolute atomic E-state index is 5.83. The number of benzene rings is 1. The van der Waals surface area contributed by atoms with Crippen LogP contribution in [0.1, 0.15) is 38.2 Å². The van der Waals surface area contributed by atoms with E-state index >= 15 is 0 Å². The summed E-state index contributed by atoms with van der Waals surface area (Å²) in [5.41, 5.74) is 1.36. The van der Waals surface area contributed by atoms with E-state index in [1.807, 2.05) is 6.92 Å². The van der Waals surface area contributed by atoms with Crippen LogP contribution in [0, 0.1) is 0 Å². The first kappa shape index (κ1) is 13.7. The van der Waals surface area contributed by atoms with Crippen LogP contribution in [0.5, 0.6) is 11.5 Å². The Kier molecular flexibility index (Phi) is 4.46. The molecule has 1 unspecified atom stereocenters. The molecule has 2 aliphatic heterocycles. The van der Waals surface area contributed by atoms with Crippen LogP contribution < -0.4 is 9.47 Å². The quantitative estimate of drug-likeness (QED) is 0.842. The fourth-order valence-electron chi connectivity index (χ4n) is 3.07. The number of ether oxygens (including phenoxy) is 2. The molecule has 0 aromatic heterocycles. The van der Waals surface area contributed by atoms with E-state index in [0.717, 1.165) is 17.9 Å². The predicted molar refractivity (Wildman–Crippen MR) is 80.6 cm³/mol. The molecule has 1 fully saturated rings. The van der Waals surface area contributed by atoms with Gasteiger partial charge < -0.3 is 14.4 Å². The second-order valence-electron chi connectivity index (χ2n) is 6.03. The second kappa shape index (κ2) is 6.49. The molecule has 3 rings (SSSR count). The van der Waals surface area contributed by atoms with Gasteiger partial charge in [-0.1, -0.05) is 12.5 Å². The van der Waals surface area contributed by atoms with Gasteiger partial charge in [-0.25, -0.2) is 0 Å². The number of fused-ring (bicyclic) bond motifs is 1. The summed E-state index contributed by atoms with van der Waals surface area (Å²) in [6.07, 6.45) is 6.68. The first-order valence-corrected chi connectivity index (χ1v) is 7.96. The monoisotopic (exact) mass is 275 g/mol. The first-order chi connectivity index (χ1) is 9.81. The summed E-state index contributed by atoms with van der Waals surface area (Å²) in [5.74, 6) is 1.81. The van der Waals surface area contributed by atoms with Crippen LogP contribution in [0.3, 0.4) is 0 Å². The minimum atomic E-state index is 0.158. The third kappa shape index (κ3) is 3.45. The highest BCUT2D eigenvalue weighted by molar-refractivity contribution is 5.44. The molecule has 2 aliphatic rings. The predicted octanol–water partition coefficient (Wildman–Crippen LogP) is 3.26. The molecule has 1 aromatic carbocycles. The van der Waals surface area contributed by atoms with Crippen molar-refractivity contribution in [1.82, 2.24) is 4.90 Å². The Labute approximate surface area is 121 Å². The SMILES string of the molecule is CC1COc2ccc(CCCN3CCCCC3)cc2O1. The summed E-state index contributed by atoms with van der Waals surface area (Å²) in [4.78, 5) is 2.60. The van der Waals surface area contributed by atoms with Crippen molar-refractivity contribution in [2.24, 2.45) is 0 Å². The van der Waals surface area contributed by atoms with Crippen LogP contribution in [0.15, 0.2) is 18.2 Å². The lowest BCUT2D eigenvalue weighted by Crippen LogP contribution is -2.30. The summed E-state index contributed by atoms with van der Waals surface area (Å²) in [7, 11) is 0. The smallest absolute Gasteiger partial charge is 0.162 e. The van der Waals surface area contributed by atoms with Crippen molar-refractivity contribution in [3.8, 4) is 11.5 Å². The van der Waals surface area contributed by atoms with Crippen LogP contribution in [0.4, 0.5) is 0 Å². The van der Waals surface area contributed by atoms with Crippen molar-refractivity contribution < 1.29 is 9.47 Å². The number of nitrogens with zero attached hydrogens (tertiary/aromatic N) is 1. The minimum absolute atomic E-state index is 0.158. The Morgan fingerprint density at radius 3 is 2.85 bits per heavy atom. The zero-order valence-corrected chi connectivity index (χ0v) is 12.4. The summed E-state index contributed by atoms with van der Waals surface area (Å²) in [6.45, 7) is 6.51. The van der Waals surface area contributed by atoms with E-state index in [1.54, 1.807) is 0 Å². The molecule has 0 bridgehead atoms. The Morgan fingerprint density at radius 1 is 1.15 bits per heavy atom. The zero-order chi connectivity index (χ0) is 13.8. The van der Waals surface area contributed by atoms with Gasteiger partial charge in [-0.2, -0.15) is 0 Å². The largest absolute Gasteiger partial charge is 0.486 e. The molecule has 1 saturated heterocycles. The van der Waals surface area contributed by atoms with E-state index in [4.69, 9.17) is 9.47 Å². The molecule has 0 radical (unpaired) electrons. The highest BCUT2D eigenvalue weighted by Gasteiger charge is 2.17. The molecular formula is C17H25NO2. The van der Waals surface area contributed by atoms with Crippen LogP contribution in [-0.2, 0) is 6.42 Å². The molecule has 3 nitrogen and oxygen atoms in total. The lowest BCUT2D eigenvalue weighted by molar-refractivity contribution is 0.104. The molecule has 2 heterocycles. The van der Waals surface area contributed by atoms with Gasteiger partial charge in [0, 0.05) is 0 Å². The highest BCUT2D eigenvalue weighted by atomic mass is 16.6. The number of rotatable bonds is 4. The maximum Gasteiger partial charge on any atom is 0.162 e. The van der Waals surface area contributed by atoms with E-state index in [2.05, 4.69) is 23.1 Å². The van der Waals surface area contributed by atoms with E-state index in [1.165, 1.54) is 50.9 Å². The third-order valence-corrected chi connectivity index (χ3v) is 4.20. The second-order valence-corrected chi connectivity index (χ2v) is 6.03. The Balaban J connectivity index is 1.51. The van der Waals surface area contributed by atoms with Gasteiger partial charge in [0.1, 0.15) is 12.7 Å². The standard InChI is InChI=1S/C17H25NO2/c1-14-13-19-16-8-7-15(12-17(16)20-14)6-5-11-18-9-3-2-4-10-18/h7-8,12,14H,2-6,9-11,13H2,1H3. The number of piperidine rings is 1. The first-order valence-electron chi connectivity index (χ1n) is 7.96. The molecule has 1 atom stereocenters. The molecule has 0 N–H and O–H groups in total. The van der Waals surface area contributed by atoms with Gasteiger partial charge in [0.2, 0.25) is 0 Å². The van der Waals surface area contributed by atoms with Crippen molar-refractivity contribution in [3.05, 3.63) is 23.8 Å². The molecule has 20 heavy (non-hydrogen) atoms. The zero-order valence-electron chi connectivity index (χ0n) is 12.4. The molecule has 110 valence electrons. The fraction of sp³-hybridized carbons (Fsp3) is 0.647. The Bertz CT molecular complexity index is 441. The van der Waals surface area contributed by atoms with Gasteiger partial charge >= 0.3 is 0 Å². The van der Waals surface area contributed by atoms with E-state index in [-0.39, 0.29) is 6.10 Å². The molecule has 0 saturated carbocycles. The van der Waals surface area contributed by atoms with Crippen molar-refractivity contribution in [2.45, 2.75) is 45.1 Å². The lowest BCUT2D eigenvalue weighted by atomic mass is 10.1. The van der Waals surface area contributed by atoms with Crippen molar-refractivity contribution >= 4 is 0 Å².